The molecular formula is C19H21ClFN3O. The van der Waals surface area contributed by atoms with Crippen LogP contribution in [0.5, 0.6) is 0 Å². The van der Waals surface area contributed by atoms with Crippen molar-refractivity contribution in [1.82, 2.24) is 15.2 Å². The molecule has 1 amide bonds. The van der Waals surface area contributed by atoms with Gasteiger partial charge in [-0.05, 0) is 56.1 Å². The summed E-state index contributed by atoms with van der Waals surface area (Å²) in [5, 5.41) is 2.96. The standard InChI is InChI=1S/C19H21ClFN3O/c20-16-5-3-6-17(21)18(16)19(25)23-12-14-7-10-24(11-8-14)13-15-4-1-2-9-22-15/h1-6,9,14H,7-8,10-13H2,(H,23,25). The van der Waals surface area contributed by atoms with Crippen molar-refractivity contribution in [3.63, 3.8) is 0 Å². The molecule has 6 heteroatoms. The van der Waals surface area contributed by atoms with Gasteiger partial charge in [-0.3, -0.25) is 14.7 Å². The molecule has 1 aliphatic heterocycles. The molecule has 2 heterocycles. The molecule has 25 heavy (non-hydrogen) atoms. The monoisotopic (exact) mass is 361 g/mol. The maximum absolute atomic E-state index is 13.8. The van der Waals surface area contributed by atoms with E-state index in [1.807, 2.05) is 24.4 Å². The molecule has 1 fully saturated rings. The van der Waals surface area contributed by atoms with E-state index in [9.17, 15) is 9.18 Å². The Kier molecular flexibility index (Phi) is 6.00. The van der Waals surface area contributed by atoms with Crippen molar-refractivity contribution in [3.8, 4) is 0 Å². The highest BCUT2D eigenvalue weighted by Gasteiger charge is 2.21. The number of pyridine rings is 1. The number of likely N-dealkylation sites (tertiary alicyclic amines) is 1. The van der Waals surface area contributed by atoms with E-state index in [-0.39, 0.29) is 10.6 Å². The third kappa shape index (κ3) is 4.77. The second-order valence-electron chi connectivity index (χ2n) is 6.35. The lowest BCUT2D eigenvalue weighted by Crippen LogP contribution is -2.38. The summed E-state index contributed by atoms with van der Waals surface area (Å²) < 4.78 is 13.8. The number of carbonyl (C=O) groups excluding carboxylic acids is 1. The van der Waals surface area contributed by atoms with Gasteiger partial charge >= 0.3 is 0 Å². The van der Waals surface area contributed by atoms with Crippen molar-refractivity contribution < 1.29 is 9.18 Å². The van der Waals surface area contributed by atoms with E-state index < -0.39 is 11.7 Å². The summed E-state index contributed by atoms with van der Waals surface area (Å²) in [6.07, 6.45) is 3.81. The van der Waals surface area contributed by atoms with Gasteiger partial charge < -0.3 is 5.32 Å². The van der Waals surface area contributed by atoms with E-state index in [0.717, 1.165) is 38.2 Å². The van der Waals surface area contributed by atoms with Gasteiger partial charge in [-0.15, -0.1) is 0 Å². The predicted octanol–water partition coefficient (Wildman–Crippen LogP) is 3.52. The largest absolute Gasteiger partial charge is 0.352 e. The number of aromatic nitrogens is 1. The maximum Gasteiger partial charge on any atom is 0.255 e. The third-order valence-corrected chi connectivity index (χ3v) is 4.87. The van der Waals surface area contributed by atoms with Crippen molar-refractivity contribution in [3.05, 3.63) is 64.7 Å². The molecule has 4 nitrogen and oxygen atoms in total. The molecule has 1 saturated heterocycles. The van der Waals surface area contributed by atoms with Crippen molar-refractivity contribution >= 4 is 17.5 Å². The zero-order valence-corrected chi connectivity index (χ0v) is 14.7. The van der Waals surface area contributed by atoms with Gasteiger partial charge in [-0.25, -0.2) is 4.39 Å². The Morgan fingerprint density at radius 2 is 2.04 bits per heavy atom. The second-order valence-corrected chi connectivity index (χ2v) is 6.75. The van der Waals surface area contributed by atoms with Gasteiger partial charge in [-0.1, -0.05) is 23.7 Å². The summed E-state index contributed by atoms with van der Waals surface area (Å²) in [5.74, 6) is -0.635. The summed E-state index contributed by atoms with van der Waals surface area (Å²) in [6.45, 7) is 3.33. The molecule has 0 radical (unpaired) electrons. The molecule has 2 aromatic rings. The quantitative estimate of drug-likeness (QED) is 0.886. The van der Waals surface area contributed by atoms with Crippen LogP contribution in [-0.2, 0) is 6.54 Å². The average Bonchev–Trinajstić information content (AvgIpc) is 2.62. The minimum atomic E-state index is -0.588. The van der Waals surface area contributed by atoms with Crippen LogP contribution in [0.1, 0.15) is 28.9 Å². The van der Waals surface area contributed by atoms with Gasteiger partial charge in [0.25, 0.3) is 5.91 Å². The van der Waals surface area contributed by atoms with Crippen molar-refractivity contribution in [1.29, 1.82) is 0 Å². The first kappa shape index (κ1) is 17.8. The number of nitrogens with zero attached hydrogens (tertiary/aromatic N) is 2. The lowest BCUT2D eigenvalue weighted by atomic mass is 9.96. The molecule has 1 aromatic carbocycles. The van der Waals surface area contributed by atoms with Crippen LogP contribution in [0.2, 0.25) is 5.02 Å². The average molecular weight is 362 g/mol. The fourth-order valence-electron chi connectivity index (χ4n) is 3.11. The number of hydrogen-bond acceptors (Lipinski definition) is 3. The molecule has 0 atom stereocenters. The molecule has 1 aliphatic rings. The number of halogens is 2. The van der Waals surface area contributed by atoms with Crippen molar-refractivity contribution in [2.45, 2.75) is 19.4 Å². The Morgan fingerprint density at radius 1 is 1.24 bits per heavy atom. The van der Waals surface area contributed by atoms with E-state index in [1.54, 1.807) is 0 Å². The first-order chi connectivity index (χ1) is 12.1. The van der Waals surface area contributed by atoms with Crippen LogP contribution in [0.25, 0.3) is 0 Å². The molecule has 1 N–H and O–H groups in total. The Morgan fingerprint density at radius 3 is 2.72 bits per heavy atom. The Bertz CT molecular complexity index is 698. The first-order valence-electron chi connectivity index (χ1n) is 8.48. The number of nitrogens with one attached hydrogen (secondary N) is 1. The first-order valence-corrected chi connectivity index (χ1v) is 8.86. The zero-order chi connectivity index (χ0) is 17.6. The molecular weight excluding hydrogens is 341 g/mol. The third-order valence-electron chi connectivity index (χ3n) is 4.56. The second kappa shape index (κ2) is 8.41. The van der Waals surface area contributed by atoms with Gasteiger partial charge in [0.2, 0.25) is 0 Å². The van der Waals surface area contributed by atoms with E-state index in [4.69, 9.17) is 11.6 Å². The molecule has 0 aliphatic carbocycles. The highest BCUT2D eigenvalue weighted by Crippen LogP contribution is 2.20. The van der Waals surface area contributed by atoms with Crippen LogP contribution in [0.4, 0.5) is 4.39 Å². The van der Waals surface area contributed by atoms with Crippen LogP contribution in [-0.4, -0.2) is 35.4 Å². The highest BCUT2D eigenvalue weighted by atomic mass is 35.5. The van der Waals surface area contributed by atoms with E-state index in [2.05, 4.69) is 15.2 Å². The van der Waals surface area contributed by atoms with Crippen LogP contribution in [0.15, 0.2) is 42.6 Å². The van der Waals surface area contributed by atoms with Crippen molar-refractivity contribution in [2.75, 3.05) is 19.6 Å². The normalized spacial score (nSPS) is 15.9. The fourth-order valence-corrected chi connectivity index (χ4v) is 3.36. The minimum absolute atomic E-state index is 0.0724. The highest BCUT2D eigenvalue weighted by molar-refractivity contribution is 6.33. The minimum Gasteiger partial charge on any atom is -0.352 e. The zero-order valence-electron chi connectivity index (χ0n) is 13.9. The molecule has 132 valence electrons. The van der Waals surface area contributed by atoms with Gasteiger partial charge in [-0.2, -0.15) is 0 Å². The molecule has 0 bridgehead atoms. The Labute approximate surface area is 152 Å². The molecule has 3 rings (SSSR count). The molecule has 0 spiro atoms. The number of rotatable bonds is 5. The number of hydrogen-bond donors (Lipinski definition) is 1. The SMILES string of the molecule is O=C(NCC1CCN(Cc2ccccn2)CC1)c1c(F)cccc1Cl. The van der Waals surface area contributed by atoms with E-state index in [0.29, 0.717) is 12.5 Å². The smallest absolute Gasteiger partial charge is 0.255 e. The number of amides is 1. The predicted molar refractivity (Wildman–Crippen MR) is 96.0 cm³/mol. The summed E-state index contributed by atoms with van der Waals surface area (Å²) in [6, 6.07) is 10.2. The fraction of sp³-hybridized carbons (Fsp3) is 0.368. The lowest BCUT2D eigenvalue weighted by molar-refractivity contribution is 0.0931. The maximum atomic E-state index is 13.8. The summed E-state index contributed by atoms with van der Waals surface area (Å²) in [4.78, 5) is 18.9. The van der Waals surface area contributed by atoms with E-state index in [1.165, 1.54) is 18.2 Å². The number of benzene rings is 1. The van der Waals surface area contributed by atoms with Crippen molar-refractivity contribution in [2.24, 2.45) is 5.92 Å². The topological polar surface area (TPSA) is 45.2 Å². The molecule has 0 unspecified atom stereocenters. The van der Waals surface area contributed by atoms with Crippen LogP contribution in [0.3, 0.4) is 0 Å². The summed E-state index contributed by atoms with van der Waals surface area (Å²) in [7, 11) is 0. The summed E-state index contributed by atoms with van der Waals surface area (Å²) in [5.41, 5.74) is 1.00. The molecule has 0 saturated carbocycles. The number of carbonyl (C=O) groups is 1. The Balaban J connectivity index is 1.46. The Hall–Kier alpha value is -1.98. The van der Waals surface area contributed by atoms with Crippen LogP contribution >= 0.6 is 11.6 Å². The van der Waals surface area contributed by atoms with Gasteiger partial charge in [0, 0.05) is 19.3 Å². The van der Waals surface area contributed by atoms with Crippen LogP contribution < -0.4 is 5.32 Å². The van der Waals surface area contributed by atoms with Gasteiger partial charge in [0.05, 0.1) is 16.3 Å². The van der Waals surface area contributed by atoms with Gasteiger partial charge in [0.1, 0.15) is 5.82 Å². The van der Waals surface area contributed by atoms with Crippen LogP contribution in [0, 0.1) is 11.7 Å². The molecule has 1 aromatic heterocycles. The van der Waals surface area contributed by atoms with E-state index >= 15 is 0 Å². The van der Waals surface area contributed by atoms with Gasteiger partial charge in [0.15, 0.2) is 0 Å². The summed E-state index contributed by atoms with van der Waals surface area (Å²) >= 11 is 5.93. The number of piperidine rings is 1. The lowest BCUT2D eigenvalue weighted by Gasteiger charge is -2.31.